The van der Waals surface area contributed by atoms with Crippen molar-refractivity contribution in [3.8, 4) is 0 Å². The van der Waals surface area contributed by atoms with Gasteiger partial charge in [-0.1, -0.05) is 13.8 Å². The number of aliphatic carboxylic acids is 1. The number of aromatic amines is 1. The van der Waals surface area contributed by atoms with E-state index in [1.165, 1.54) is 24.3 Å². The van der Waals surface area contributed by atoms with Crippen molar-refractivity contribution in [3.63, 3.8) is 0 Å². The van der Waals surface area contributed by atoms with Gasteiger partial charge >= 0.3 is 5.97 Å². The summed E-state index contributed by atoms with van der Waals surface area (Å²) < 4.78 is 0. The molecule has 6 amide bonds. The van der Waals surface area contributed by atoms with Crippen LogP contribution in [0.2, 0.25) is 0 Å². The van der Waals surface area contributed by atoms with E-state index >= 15 is 0 Å². The summed E-state index contributed by atoms with van der Waals surface area (Å²) in [6.07, 6.45) is 1.72. The van der Waals surface area contributed by atoms with Crippen LogP contribution in [-0.4, -0.2) is 157 Å². The summed E-state index contributed by atoms with van der Waals surface area (Å²) in [5, 5.41) is 59.3. The maximum Gasteiger partial charge on any atom is 0.328 e. The fourth-order valence-corrected chi connectivity index (χ4v) is 5.22. The fraction of sp³-hybridized carbons (Fsp3) is 0.667. The van der Waals surface area contributed by atoms with Crippen molar-refractivity contribution >= 4 is 41.4 Å². The quantitative estimate of drug-likeness (QED) is 0.0596. The van der Waals surface area contributed by atoms with Crippen molar-refractivity contribution in [3.05, 3.63) is 18.2 Å². The number of carboxylic acids is 1. The number of aliphatic hydroxyl groups is 4. The van der Waals surface area contributed by atoms with Crippen LogP contribution in [0.25, 0.3) is 0 Å². The molecule has 1 aromatic rings. The number of imidazole rings is 1. The second kappa shape index (κ2) is 20.2. The van der Waals surface area contributed by atoms with Crippen LogP contribution in [0.4, 0.5) is 0 Å². The smallest absolute Gasteiger partial charge is 0.328 e. The molecule has 51 heavy (non-hydrogen) atoms. The van der Waals surface area contributed by atoms with Crippen molar-refractivity contribution in [1.82, 2.24) is 41.5 Å². The van der Waals surface area contributed by atoms with Crippen molar-refractivity contribution in [2.24, 2.45) is 11.7 Å². The molecule has 8 atom stereocenters. The summed E-state index contributed by atoms with van der Waals surface area (Å²) in [7, 11) is 0. The van der Waals surface area contributed by atoms with Crippen LogP contribution in [0.5, 0.6) is 0 Å². The maximum absolute atomic E-state index is 13.9. The molecule has 0 spiro atoms. The Morgan fingerprint density at radius 1 is 0.863 bits per heavy atom. The minimum Gasteiger partial charge on any atom is -0.480 e. The molecular weight excluding hydrogens is 678 g/mol. The van der Waals surface area contributed by atoms with E-state index in [0.717, 1.165) is 0 Å². The molecule has 0 radical (unpaired) electrons. The molecule has 286 valence electrons. The van der Waals surface area contributed by atoms with Gasteiger partial charge in [-0.15, -0.1) is 0 Å². The lowest BCUT2D eigenvalue weighted by molar-refractivity contribution is -0.145. The Hall–Kier alpha value is -4.70. The topological polar surface area (TPSA) is 339 Å². The second-order valence-corrected chi connectivity index (χ2v) is 12.6. The molecule has 1 fully saturated rings. The number of amides is 6. The highest BCUT2D eigenvalue weighted by Crippen LogP contribution is 2.20. The van der Waals surface area contributed by atoms with E-state index in [1.54, 1.807) is 13.8 Å². The van der Waals surface area contributed by atoms with Crippen molar-refractivity contribution in [1.29, 1.82) is 0 Å². The number of nitrogens with one attached hydrogen (secondary N) is 6. The van der Waals surface area contributed by atoms with Gasteiger partial charge in [-0.05, 0) is 32.1 Å². The predicted octanol–water partition coefficient (Wildman–Crippen LogP) is -5.82. The molecule has 2 rings (SSSR count). The number of likely N-dealkylation sites (tertiary alicyclic amines) is 1. The van der Waals surface area contributed by atoms with Gasteiger partial charge in [0.1, 0.15) is 42.3 Å². The van der Waals surface area contributed by atoms with Gasteiger partial charge in [-0.25, -0.2) is 9.78 Å². The largest absolute Gasteiger partial charge is 0.480 e. The molecule has 1 aliphatic heterocycles. The van der Waals surface area contributed by atoms with Crippen LogP contribution in [0.15, 0.2) is 12.5 Å². The first kappa shape index (κ1) is 42.5. The SMILES string of the molecule is CC(C)C[C@H](NC(=O)[C@@H](NC(=O)[C@H](CO)NC(=O)[C@@H](N)CO)[C@@H](C)O)C(=O)N[C@@H](Cc1cnc[nH]1)C(=O)N1CCC[C@H]1C(=O)N[C@@H](CO)C(=O)O. The van der Waals surface area contributed by atoms with Crippen LogP contribution < -0.4 is 32.3 Å². The van der Waals surface area contributed by atoms with Crippen molar-refractivity contribution in [2.45, 2.75) is 94.9 Å². The Labute approximate surface area is 293 Å². The normalized spacial score (nSPS) is 18.4. The van der Waals surface area contributed by atoms with Crippen LogP contribution in [0, 0.1) is 5.92 Å². The molecule has 1 aromatic heterocycles. The van der Waals surface area contributed by atoms with E-state index in [2.05, 4.69) is 36.6 Å². The molecule has 0 unspecified atom stereocenters. The molecule has 1 saturated heterocycles. The minimum absolute atomic E-state index is 0.0316. The number of aromatic nitrogens is 2. The molecule has 0 aliphatic carbocycles. The first-order valence-corrected chi connectivity index (χ1v) is 16.3. The molecule has 0 bridgehead atoms. The van der Waals surface area contributed by atoms with Gasteiger partial charge in [0.2, 0.25) is 35.4 Å². The maximum atomic E-state index is 13.9. The number of nitrogens with zero attached hydrogens (tertiary/aromatic N) is 2. The van der Waals surface area contributed by atoms with E-state index in [0.29, 0.717) is 12.1 Å². The summed E-state index contributed by atoms with van der Waals surface area (Å²) >= 11 is 0. The molecule has 0 aromatic carbocycles. The lowest BCUT2D eigenvalue weighted by Crippen LogP contribution is -2.62. The van der Waals surface area contributed by atoms with Gasteiger partial charge in [0.25, 0.3) is 0 Å². The van der Waals surface area contributed by atoms with Crippen LogP contribution in [0.3, 0.4) is 0 Å². The first-order valence-electron chi connectivity index (χ1n) is 16.3. The van der Waals surface area contributed by atoms with E-state index in [9.17, 15) is 54.0 Å². The lowest BCUT2D eigenvalue weighted by atomic mass is 10.0. The molecule has 1 aliphatic rings. The minimum atomic E-state index is -1.68. The van der Waals surface area contributed by atoms with Crippen molar-refractivity contribution < 1.29 is 59.1 Å². The lowest BCUT2D eigenvalue weighted by Gasteiger charge is -2.31. The number of rotatable bonds is 20. The van der Waals surface area contributed by atoms with E-state index in [4.69, 9.17) is 10.8 Å². The highest BCUT2D eigenvalue weighted by Gasteiger charge is 2.40. The Morgan fingerprint density at radius 3 is 2.00 bits per heavy atom. The van der Waals surface area contributed by atoms with E-state index in [1.807, 2.05) is 0 Å². The standard InChI is InChI=1S/C30H49N9O12/c1-14(2)7-18(34-28(48)23(15(3)43)38-26(46)20(11-41)36-24(44)17(31)10-40)25(45)35-19(8-16-9-32-13-33-16)29(49)39-6-4-5-22(39)27(47)37-21(12-42)30(50)51/h9,13-15,17-23,40-43H,4-8,10-12,31H2,1-3H3,(H,32,33)(H,34,48)(H,35,45)(H,36,44)(H,37,47)(H,38,46)(H,50,51)/t15-,17+,18+,19+,20+,21+,22+,23+/m1/s1. The van der Waals surface area contributed by atoms with E-state index < -0.39 is 110 Å². The number of carbonyl (C=O) groups is 7. The summed E-state index contributed by atoms with van der Waals surface area (Å²) in [6, 6.07) is -10.0. The van der Waals surface area contributed by atoms with Gasteiger partial charge in [0.05, 0.1) is 32.3 Å². The first-order chi connectivity index (χ1) is 24.0. The monoisotopic (exact) mass is 727 g/mol. The molecule has 21 nitrogen and oxygen atoms in total. The Kier molecular flexibility index (Phi) is 16.8. The third kappa shape index (κ3) is 12.5. The number of carboxylic acid groups (broad SMARTS) is 1. The molecule has 21 heteroatoms. The van der Waals surface area contributed by atoms with Gasteiger partial charge < -0.3 is 67.7 Å². The molecule has 13 N–H and O–H groups in total. The van der Waals surface area contributed by atoms with Crippen LogP contribution in [0.1, 0.15) is 45.7 Å². The van der Waals surface area contributed by atoms with E-state index in [-0.39, 0.29) is 31.7 Å². The van der Waals surface area contributed by atoms with Crippen LogP contribution >= 0.6 is 0 Å². The number of nitrogens with two attached hydrogens (primary N) is 1. The Balaban J connectivity index is 2.29. The average molecular weight is 728 g/mol. The Morgan fingerprint density at radius 2 is 1.47 bits per heavy atom. The molecule has 0 saturated carbocycles. The predicted molar refractivity (Wildman–Crippen MR) is 175 cm³/mol. The number of hydrogen-bond acceptors (Lipinski definition) is 13. The van der Waals surface area contributed by atoms with Crippen molar-refractivity contribution in [2.75, 3.05) is 26.4 Å². The van der Waals surface area contributed by atoms with Gasteiger partial charge in [0, 0.05) is 24.9 Å². The van der Waals surface area contributed by atoms with Gasteiger partial charge in [-0.2, -0.15) is 0 Å². The third-order valence-corrected chi connectivity index (χ3v) is 7.98. The van der Waals surface area contributed by atoms with Gasteiger partial charge in [-0.3, -0.25) is 28.8 Å². The summed E-state index contributed by atoms with van der Waals surface area (Å²) in [4.78, 5) is 98.3. The Bertz CT molecular complexity index is 1360. The highest BCUT2D eigenvalue weighted by atomic mass is 16.4. The zero-order valence-electron chi connectivity index (χ0n) is 28.6. The number of H-pyrrole nitrogens is 1. The number of carbonyl (C=O) groups excluding carboxylic acids is 6. The number of hydrogen-bond donors (Lipinski definition) is 12. The van der Waals surface area contributed by atoms with Crippen LogP contribution in [-0.2, 0) is 40.0 Å². The highest BCUT2D eigenvalue weighted by molar-refractivity contribution is 5.97. The third-order valence-electron chi connectivity index (χ3n) is 7.98. The molecular formula is C30H49N9O12. The second-order valence-electron chi connectivity index (χ2n) is 12.6. The summed E-state index contributed by atoms with van der Waals surface area (Å²) in [5.74, 6) is -7.04. The number of aliphatic hydroxyl groups excluding tert-OH is 4. The summed E-state index contributed by atoms with van der Waals surface area (Å²) in [5.41, 5.74) is 5.86. The fourth-order valence-electron chi connectivity index (χ4n) is 5.22. The zero-order chi connectivity index (χ0) is 38.4. The zero-order valence-corrected chi connectivity index (χ0v) is 28.6. The average Bonchev–Trinajstić information content (AvgIpc) is 3.79. The van der Waals surface area contributed by atoms with Gasteiger partial charge in [0.15, 0.2) is 0 Å². The molecule has 2 heterocycles. The summed E-state index contributed by atoms with van der Waals surface area (Å²) in [6.45, 7) is 2.25.